The molecule has 0 aliphatic carbocycles. The molecule has 3 fully saturated rings. The van der Waals surface area contributed by atoms with E-state index in [4.69, 9.17) is 4.74 Å². The number of likely N-dealkylation sites (N-methyl/N-ethyl adjacent to an activating group) is 1. The Bertz CT molecular complexity index is 328. The van der Waals surface area contributed by atoms with Gasteiger partial charge >= 0.3 is 0 Å². The van der Waals surface area contributed by atoms with E-state index in [-0.39, 0.29) is 6.10 Å². The highest BCUT2D eigenvalue weighted by Crippen LogP contribution is 2.30. The number of ether oxygens (including phenoxy) is 1. The molecule has 3 atom stereocenters. The van der Waals surface area contributed by atoms with Crippen molar-refractivity contribution in [1.82, 2.24) is 9.80 Å². The van der Waals surface area contributed by atoms with E-state index in [0.717, 1.165) is 26.0 Å². The fraction of sp³-hybridized carbons (Fsp3) is 0.933. The van der Waals surface area contributed by atoms with Gasteiger partial charge in [-0.25, -0.2) is 0 Å². The number of carbonyl (C=O) groups is 1. The van der Waals surface area contributed by atoms with Crippen molar-refractivity contribution in [3.8, 4) is 0 Å². The number of amides is 1. The maximum Gasteiger partial charge on any atom is 0.225 e. The van der Waals surface area contributed by atoms with Crippen LogP contribution in [0.3, 0.4) is 0 Å². The van der Waals surface area contributed by atoms with Gasteiger partial charge in [0.1, 0.15) is 0 Å². The second kappa shape index (κ2) is 5.80. The molecule has 0 spiro atoms. The maximum absolute atomic E-state index is 12.5. The summed E-state index contributed by atoms with van der Waals surface area (Å²) < 4.78 is 5.61. The molecule has 0 bridgehead atoms. The summed E-state index contributed by atoms with van der Waals surface area (Å²) in [5.41, 5.74) is 0. The summed E-state index contributed by atoms with van der Waals surface area (Å²) in [5, 5.41) is 0. The van der Waals surface area contributed by atoms with Gasteiger partial charge in [0.05, 0.1) is 12.5 Å². The van der Waals surface area contributed by atoms with Crippen molar-refractivity contribution in [2.24, 2.45) is 0 Å². The van der Waals surface area contributed by atoms with Gasteiger partial charge in [0.15, 0.2) is 0 Å². The third-order valence-corrected chi connectivity index (χ3v) is 5.07. The highest BCUT2D eigenvalue weighted by atomic mass is 16.5. The highest BCUT2D eigenvalue weighted by molar-refractivity contribution is 5.77. The molecule has 0 radical (unpaired) electrons. The standard InChI is InChI=1S/C15H26N2O2/c1-16-8-2-6-13(16)14-7-3-9-17(14)15(18)11-12-5-4-10-19-12/h12-14H,2-11H2,1H3/t12-,13-,14-/m1/s1. The minimum atomic E-state index is 0.190. The number of nitrogens with zero attached hydrogens (tertiary/aromatic N) is 2. The average molecular weight is 266 g/mol. The molecule has 0 aromatic carbocycles. The second-order valence-electron chi connectivity index (χ2n) is 6.33. The minimum absolute atomic E-state index is 0.190. The zero-order valence-electron chi connectivity index (χ0n) is 12.0. The molecule has 19 heavy (non-hydrogen) atoms. The van der Waals surface area contributed by atoms with E-state index in [1.54, 1.807) is 0 Å². The zero-order chi connectivity index (χ0) is 13.2. The molecule has 0 aromatic heterocycles. The van der Waals surface area contributed by atoms with Crippen molar-refractivity contribution in [1.29, 1.82) is 0 Å². The molecule has 4 heteroatoms. The van der Waals surface area contributed by atoms with E-state index < -0.39 is 0 Å². The van der Waals surface area contributed by atoms with Crippen LogP contribution in [0.4, 0.5) is 0 Å². The van der Waals surface area contributed by atoms with Crippen LogP contribution in [0.1, 0.15) is 44.9 Å². The molecule has 0 aromatic rings. The number of likely N-dealkylation sites (tertiary alicyclic amines) is 2. The lowest BCUT2D eigenvalue weighted by Crippen LogP contribution is -2.47. The van der Waals surface area contributed by atoms with Crippen LogP contribution in [0.2, 0.25) is 0 Å². The molecule has 108 valence electrons. The van der Waals surface area contributed by atoms with Crippen molar-refractivity contribution in [2.75, 3.05) is 26.7 Å². The topological polar surface area (TPSA) is 32.8 Å². The first kappa shape index (κ1) is 13.4. The van der Waals surface area contributed by atoms with Gasteiger partial charge in [0, 0.05) is 25.2 Å². The third-order valence-electron chi connectivity index (χ3n) is 5.07. The third kappa shape index (κ3) is 2.79. The van der Waals surface area contributed by atoms with Crippen LogP contribution in [0.25, 0.3) is 0 Å². The van der Waals surface area contributed by atoms with Gasteiger partial charge in [-0.15, -0.1) is 0 Å². The van der Waals surface area contributed by atoms with Crippen LogP contribution >= 0.6 is 0 Å². The fourth-order valence-electron chi connectivity index (χ4n) is 4.04. The minimum Gasteiger partial charge on any atom is -0.378 e. The van der Waals surface area contributed by atoms with E-state index in [0.29, 0.717) is 24.4 Å². The van der Waals surface area contributed by atoms with E-state index in [1.807, 2.05) is 0 Å². The predicted molar refractivity (Wildman–Crippen MR) is 74.0 cm³/mol. The molecule has 1 amide bonds. The Labute approximate surface area is 116 Å². The number of carbonyl (C=O) groups excluding carboxylic acids is 1. The number of rotatable bonds is 3. The molecular formula is C15H26N2O2. The molecular weight excluding hydrogens is 240 g/mol. The van der Waals surface area contributed by atoms with Gasteiger partial charge in [0.25, 0.3) is 0 Å². The van der Waals surface area contributed by atoms with Crippen LogP contribution in [0, 0.1) is 0 Å². The lowest BCUT2D eigenvalue weighted by Gasteiger charge is -2.33. The van der Waals surface area contributed by atoms with Gasteiger partial charge < -0.3 is 14.5 Å². The van der Waals surface area contributed by atoms with E-state index in [1.165, 1.54) is 32.2 Å². The van der Waals surface area contributed by atoms with Gasteiger partial charge in [-0.1, -0.05) is 0 Å². The average Bonchev–Trinajstić information content (AvgIpc) is 3.07. The van der Waals surface area contributed by atoms with Gasteiger partial charge in [-0.3, -0.25) is 4.79 Å². The van der Waals surface area contributed by atoms with Crippen molar-refractivity contribution < 1.29 is 9.53 Å². The van der Waals surface area contributed by atoms with E-state index >= 15 is 0 Å². The summed E-state index contributed by atoms with van der Waals surface area (Å²) in [7, 11) is 2.21. The van der Waals surface area contributed by atoms with Crippen LogP contribution in [-0.2, 0) is 9.53 Å². The Kier molecular flexibility index (Phi) is 4.08. The zero-order valence-corrected chi connectivity index (χ0v) is 12.0. The second-order valence-corrected chi connectivity index (χ2v) is 6.33. The molecule has 3 rings (SSSR count). The summed E-state index contributed by atoms with van der Waals surface area (Å²) in [6, 6.07) is 1.05. The van der Waals surface area contributed by atoms with Crippen LogP contribution < -0.4 is 0 Å². The van der Waals surface area contributed by atoms with Crippen molar-refractivity contribution in [3.63, 3.8) is 0 Å². The first-order chi connectivity index (χ1) is 9.25. The van der Waals surface area contributed by atoms with Crippen LogP contribution in [0.5, 0.6) is 0 Å². The highest BCUT2D eigenvalue weighted by Gasteiger charge is 2.38. The Morgan fingerprint density at radius 1 is 1.11 bits per heavy atom. The van der Waals surface area contributed by atoms with Crippen LogP contribution in [0.15, 0.2) is 0 Å². The summed E-state index contributed by atoms with van der Waals surface area (Å²) in [5.74, 6) is 0.328. The smallest absolute Gasteiger partial charge is 0.225 e. The number of hydrogen-bond donors (Lipinski definition) is 0. The quantitative estimate of drug-likeness (QED) is 0.778. The first-order valence-corrected chi connectivity index (χ1v) is 7.87. The molecule has 3 aliphatic heterocycles. The Balaban J connectivity index is 1.60. The largest absolute Gasteiger partial charge is 0.378 e. The lowest BCUT2D eigenvalue weighted by molar-refractivity contribution is -0.135. The summed E-state index contributed by atoms with van der Waals surface area (Å²) >= 11 is 0. The van der Waals surface area contributed by atoms with Crippen molar-refractivity contribution >= 4 is 5.91 Å². The van der Waals surface area contributed by atoms with E-state index in [2.05, 4.69) is 16.8 Å². The predicted octanol–water partition coefficient (Wildman–Crippen LogP) is 1.64. The molecule has 3 aliphatic rings. The molecule has 0 saturated carbocycles. The molecule has 0 unspecified atom stereocenters. The molecule has 4 nitrogen and oxygen atoms in total. The van der Waals surface area contributed by atoms with Crippen LogP contribution in [-0.4, -0.2) is 60.6 Å². The van der Waals surface area contributed by atoms with Gasteiger partial charge in [0.2, 0.25) is 5.91 Å². The van der Waals surface area contributed by atoms with Crippen molar-refractivity contribution in [2.45, 2.75) is 63.1 Å². The summed E-state index contributed by atoms with van der Waals surface area (Å²) in [6.07, 6.45) is 7.87. The lowest BCUT2D eigenvalue weighted by atomic mass is 10.0. The molecule has 0 N–H and O–H groups in total. The Morgan fingerprint density at radius 2 is 1.89 bits per heavy atom. The fourth-order valence-corrected chi connectivity index (χ4v) is 4.04. The first-order valence-electron chi connectivity index (χ1n) is 7.87. The van der Waals surface area contributed by atoms with Gasteiger partial charge in [-0.05, 0) is 52.1 Å². The molecule has 3 heterocycles. The molecule has 3 saturated heterocycles. The Hall–Kier alpha value is -0.610. The van der Waals surface area contributed by atoms with E-state index in [9.17, 15) is 4.79 Å². The monoisotopic (exact) mass is 266 g/mol. The van der Waals surface area contributed by atoms with Gasteiger partial charge in [-0.2, -0.15) is 0 Å². The summed E-state index contributed by atoms with van der Waals surface area (Å²) in [4.78, 5) is 17.1. The SMILES string of the molecule is CN1CCC[C@@H]1[C@H]1CCCN1C(=O)C[C@H]1CCCO1. The number of hydrogen-bond acceptors (Lipinski definition) is 3. The normalized spacial score (nSPS) is 36.3. The summed E-state index contributed by atoms with van der Waals surface area (Å²) in [6.45, 7) is 2.99. The maximum atomic E-state index is 12.5. The Morgan fingerprint density at radius 3 is 2.58 bits per heavy atom. The van der Waals surface area contributed by atoms with Crippen molar-refractivity contribution in [3.05, 3.63) is 0 Å².